The van der Waals surface area contributed by atoms with Crippen LogP contribution in [0.25, 0.3) is 0 Å². The highest BCUT2D eigenvalue weighted by atomic mass is 32.2. The fourth-order valence-corrected chi connectivity index (χ4v) is 3.03. The fraction of sp³-hybridized carbons (Fsp3) is 0.250. The molecule has 0 saturated carbocycles. The third-order valence-corrected chi connectivity index (χ3v) is 4.18. The molecule has 0 unspecified atom stereocenters. The lowest BCUT2D eigenvalue weighted by Crippen LogP contribution is -2.24. The molecule has 0 saturated heterocycles. The summed E-state index contributed by atoms with van der Waals surface area (Å²) in [4.78, 5) is 0.207. The predicted molar refractivity (Wildman–Crippen MR) is 70.8 cm³/mol. The number of aromatic nitrogens is 1. The molecule has 6 nitrogen and oxygen atoms in total. The molecule has 1 aromatic heterocycles. The molecule has 0 aliphatic carbocycles. The minimum Gasteiger partial charge on any atom is -0.399 e. The van der Waals surface area contributed by atoms with Gasteiger partial charge in [-0.25, -0.2) is 13.1 Å². The van der Waals surface area contributed by atoms with E-state index in [9.17, 15) is 8.42 Å². The van der Waals surface area contributed by atoms with Gasteiger partial charge >= 0.3 is 0 Å². The molecule has 0 fully saturated rings. The standard InChI is InChI=1S/C12H15N3O3S/c1-2-9-3-4-10(13)7-12(9)19(16,17)14-8-11-5-6-18-15-11/h3-7,14H,2,8,13H2,1H3. The first-order valence-corrected chi connectivity index (χ1v) is 7.28. The third-order valence-electron chi connectivity index (χ3n) is 2.70. The first-order chi connectivity index (χ1) is 9.03. The van der Waals surface area contributed by atoms with Crippen LogP contribution in [-0.2, 0) is 23.0 Å². The zero-order valence-electron chi connectivity index (χ0n) is 10.5. The average molecular weight is 281 g/mol. The topological polar surface area (TPSA) is 98.2 Å². The molecule has 7 heteroatoms. The molecule has 0 amide bonds. The Morgan fingerprint density at radius 1 is 1.37 bits per heavy atom. The molecule has 0 spiro atoms. The van der Waals surface area contributed by atoms with Crippen LogP contribution >= 0.6 is 0 Å². The summed E-state index contributed by atoms with van der Waals surface area (Å²) >= 11 is 0. The highest BCUT2D eigenvalue weighted by Gasteiger charge is 2.18. The normalized spacial score (nSPS) is 11.6. The van der Waals surface area contributed by atoms with E-state index in [1.165, 1.54) is 12.3 Å². The number of hydrogen-bond acceptors (Lipinski definition) is 5. The van der Waals surface area contributed by atoms with E-state index in [-0.39, 0.29) is 11.4 Å². The number of aryl methyl sites for hydroxylation is 1. The highest BCUT2D eigenvalue weighted by Crippen LogP contribution is 2.19. The molecule has 0 atom stereocenters. The third kappa shape index (κ3) is 3.12. The second-order valence-electron chi connectivity index (χ2n) is 4.04. The van der Waals surface area contributed by atoms with Gasteiger partial charge in [0.1, 0.15) is 6.26 Å². The number of nitrogens with one attached hydrogen (secondary N) is 1. The second-order valence-corrected chi connectivity index (χ2v) is 5.77. The van der Waals surface area contributed by atoms with E-state index in [2.05, 4.69) is 14.4 Å². The summed E-state index contributed by atoms with van der Waals surface area (Å²) in [6.45, 7) is 1.97. The molecule has 0 aliphatic rings. The van der Waals surface area contributed by atoms with Crippen LogP contribution in [0.4, 0.5) is 5.69 Å². The van der Waals surface area contributed by atoms with Crippen LogP contribution in [0.15, 0.2) is 39.9 Å². The van der Waals surface area contributed by atoms with Crippen LogP contribution in [0.2, 0.25) is 0 Å². The summed E-state index contributed by atoms with van der Waals surface area (Å²) in [5.74, 6) is 0. The molecule has 2 rings (SSSR count). The predicted octanol–water partition coefficient (Wildman–Crippen LogP) is 1.30. The highest BCUT2D eigenvalue weighted by molar-refractivity contribution is 7.89. The van der Waals surface area contributed by atoms with Gasteiger partial charge in [-0.15, -0.1) is 0 Å². The number of sulfonamides is 1. The van der Waals surface area contributed by atoms with Gasteiger partial charge in [0.25, 0.3) is 0 Å². The lowest BCUT2D eigenvalue weighted by Gasteiger charge is -2.10. The van der Waals surface area contributed by atoms with Crippen LogP contribution in [0.1, 0.15) is 18.2 Å². The number of nitrogens with zero attached hydrogens (tertiary/aromatic N) is 1. The molecule has 2 aromatic rings. The molecule has 0 radical (unpaired) electrons. The average Bonchev–Trinajstić information content (AvgIpc) is 2.89. The van der Waals surface area contributed by atoms with Crippen LogP contribution in [0.3, 0.4) is 0 Å². The summed E-state index contributed by atoms with van der Waals surface area (Å²) < 4.78 is 31.6. The smallest absolute Gasteiger partial charge is 0.241 e. The minimum absolute atomic E-state index is 0.0801. The van der Waals surface area contributed by atoms with Crippen LogP contribution in [0.5, 0.6) is 0 Å². The zero-order chi connectivity index (χ0) is 13.9. The molecule has 0 bridgehead atoms. The lowest BCUT2D eigenvalue weighted by atomic mass is 10.1. The van der Waals surface area contributed by atoms with E-state index in [0.717, 1.165) is 5.56 Å². The van der Waals surface area contributed by atoms with Crippen molar-refractivity contribution in [2.45, 2.75) is 24.8 Å². The van der Waals surface area contributed by atoms with Gasteiger partial charge in [-0.05, 0) is 24.1 Å². The van der Waals surface area contributed by atoms with Crippen molar-refractivity contribution in [1.29, 1.82) is 0 Å². The Balaban J connectivity index is 2.26. The van der Waals surface area contributed by atoms with Gasteiger partial charge in [0.2, 0.25) is 10.0 Å². The van der Waals surface area contributed by atoms with E-state index in [1.54, 1.807) is 18.2 Å². The Hall–Kier alpha value is -1.86. The summed E-state index contributed by atoms with van der Waals surface area (Å²) in [6.07, 6.45) is 2.00. The maximum Gasteiger partial charge on any atom is 0.241 e. The van der Waals surface area contributed by atoms with Gasteiger partial charge in [-0.2, -0.15) is 0 Å². The van der Waals surface area contributed by atoms with E-state index >= 15 is 0 Å². The van der Waals surface area contributed by atoms with Gasteiger partial charge < -0.3 is 10.3 Å². The first kappa shape index (κ1) is 13.6. The molecule has 19 heavy (non-hydrogen) atoms. The maximum atomic E-state index is 12.2. The molecule has 1 heterocycles. The SMILES string of the molecule is CCc1ccc(N)cc1S(=O)(=O)NCc1ccon1. The molecule has 3 N–H and O–H groups in total. The lowest BCUT2D eigenvalue weighted by molar-refractivity contribution is 0.411. The Kier molecular flexibility index (Phi) is 3.87. The Morgan fingerprint density at radius 3 is 2.79 bits per heavy atom. The number of rotatable bonds is 5. The number of nitrogens with two attached hydrogens (primary N) is 1. The van der Waals surface area contributed by atoms with Crippen molar-refractivity contribution in [2.24, 2.45) is 0 Å². The van der Waals surface area contributed by atoms with Crippen LogP contribution < -0.4 is 10.5 Å². The second kappa shape index (κ2) is 5.41. The van der Waals surface area contributed by atoms with E-state index in [1.807, 2.05) is 6.92 Å². The van der Waals surface area contributed by atoms with Crippen molar-refractivity contribution < 1.29 is 12.9 Å². The molecular weight excluding hydrogens is 266 g/mol. The molecule has 0 aliphatic heterocycles. The van der Waals surface area contributed by atoms with Gasteiger partial charge in [0.15, 0.2) is 0 Å². The fourth-order valence-electron chi connectivity index (χ4n) is 1.69. The van der Waals surface area contributed by atoms with E-state index < -0.39 is 10.0 Å². The summed E-state index contributed by atoms with van der Waals surface area (Å²) in [5.41, 5.74) is 7.31. The number of hydrogen-bond donors (Lipinski definition) is 2. The van der Waals surface area contributed by atoms with Crippen molar-refractivity contribution >= 4 is 15.7 Å². The van der Waals surface area contributed by atoms with Crippen molar-refractivity contribution in [2.75, 3.05) is 5.73 Å². The summed E-state index contributed by atoms with van der Waals surface area (Å²) in [7, 11) is -3.61. The van der Waals surface area contributed by atoms with Gasteiger partial charge in [0.05, 0.1) is 17.1 Å². The number of benzene rings is 1. The Morgan fingerprint density at radius 2 is 2.16 bits per heavy atom. The van der Waals surface area contributed by atoms with Crippen molar-refractivity contribution in [3.05, 3.63) is 41.8 Å². The van der Waals surface area contributed by atoms with Crippen LogP contribution in [0, 0.1) is 0 Å². The quantitative estimate of drug-likeness (QED) is 0.805. The summed E-state index contributed by atoms with van der Waals surface area (Å²) in [6, 6.07) is 6.47. The van der Waals surface area contributed by atoms with Gasteiger partial charge in [-0.3, -0.25) is 0 Å². The largest absolute Gasteiger partial charge is 0.399 e. The molecule has 102 valence electrons. The number of anilines is 1. The molecule has 1 aromatic carbocycles. The monoisotopic (exact) mass is 281 g/mol. The minimum atomic E-state index is -3.61. The van der Waals surface area contributed by atoms with Crippen molar-refractivity contribution in [3.8, 4) is 0 Å². The first-order valence-electron chi connectivity index (χ1n) is 5.80. The molecular formula is C12H15N3O3S. The van der Waals surface area contributed by atoms with Crippen molar-refractivity contribution in [3.63, 3.8) is 0 Å². The van der Waals surface area contributed by atoms with E-state index in [4.69, 9.17) is 5.73 Å². The zero-order valence-corrected chi connectivity index (χ0v) is 11.3. The Labute approximate surface area is 111 Å². The van der Waals surface area contributed by atoms with Crippen LogP contribution in [-0.4, -0.2) is 13.6 Å². The van der Waals surface area contributed by atoms with Gasteiger partial charge in [0, 0.05) is 11.8 Å². The van der Waals surface area contributed by atoms with E-state index in [0.29, 0.717) is 17.8 Å². The van der Waals surface area contributed by atoms with Crippen molar-refractivity contribution in [1.82, 2.24) is 9.88 Å². The summed E-state index contributed by atoms with van der Waals surface area (Å²) in [5, 5.41) is 3.65. The number of nitrogen functional groups attached to an aromatic ring is 1. The maximum absolute atomic E-state index is 12.2. The Bertz CT molecular complexity index is 651. The van der Waals surface area contributed by atoms with Gasteiger partial charge in [-0.1, -0.05) is 18.1 Å².